The number of hydrogen-bond acceptors (Lipinski definition) is 7. The Hall–Kier alpha value is -1.96. The third kappa shape index (κ3) is 2.73. The second-order valence-corrected chi connectivity index (χ2v) is 5.04. The molecule has 2 heterocycles. The molecule has 3 N–H and O–H groups in total. The summed E-state index contributed by atoms with van der Waals surface area (Å²) in [6.07, 6.45) is 2.21. The molecule has 104 valence electrons. The quantitative estimate of drug-likeness (QED) is 0.477. The number of hydrazine groups is 1. The molecule has 19 heavy (non-hydrogen) atoms. The number of nitrogens with zero attached hydrogens (tertiary/aromatic N) is 4. The van der Waals surface area contributed by atoms with Crippen LogP contribution in [0.2, 0.25) is 0 Å². The van der Waals surface area contributed by atoms with Crippen molar-refractivity contribution in [2.45, 2.75) is 20.3 Å². The van der Waals surface area contributed by atoms with Crippen LogP contribution in [0.15, 0.2) is 6.20 Å². The van der Waals surface area contributed by atoms with Crippen LogP contribution in [0.5, 0.6) is 0 Å². The Balaban J connectivity index is 2.30. The van der Waals surface area contributed by atoms with Gasteiger partial charge in [-0.15, -0.1) is 0 Å². The summed E-state index contributed by atoms with van der Waals surface area (Å²) in [5.74, 6) is 6.87. The van der Waals surface area contributed by atoms with E-state index in [0.717, 1.165) is 19.5 Å². The van der Waals surface area contributed by atoms with Gasteiger partial charge < -0.3 is 4.90 Å². The Morgan fingerprint density at radius 1 is 1.63 bits per heavy atom. The molecule has 0 saturated carbocycles. The van der Waals surface area contributed by atoms with Crippen LogP contribution in [0.3, 0.4) is 0 Å². The highest BCUT2D eigenvalue weighted by Crippen LogP contribution is 2.32. The molecule has 2 rings (SSSR count). The first-order valence-corrected chi connectivity index (χ1v) is 6.26. The van der Waals surface area contributed by atoms with Crippen LogP contribution in [0.4, 0.5) is 17.5 Å². The number of hydrogen-bond donors (Lipinski definition) is 2. The van der Waals surface area contributed by atoms with Gasteiger partial charge in [0.15, 0.2) is 0 Å². The van der Waals surface area contributed by atoms with E-state index < -0.39 is 4.92 Å². The van der Waals surface area contributed by atoms with Crippen molar-refractivity contribution >= 4 is 17.5 Å². The zero-order valence-electron chi connectivity index (χ0n) is 11.0. The monoisotopic (exact) mass is 266 g/mol. The van der Waals surface area contributed by atoms with Gasteiger partial charge >= 0.3 is 5.69 Å². The fourth-order valence-corrected chi connectivity index (χ4v) is 2.32. The number of aromatic nitrogens is 2. The van der Waals surface area contributed by atoms with Crippen molar-refractivity contribution in [3.63, 3.8) is 0 Å². The summed E-state index contributed by atoms with van der Waals surface area (Å²) in [6.45, 7) is 5.87. The first kappa shape index (κ1) is 13.5. The molecule has 1 aromatic heterocycles. The fourth-order valence-electron chi connectivity index (χ4n) is 2.32. The summed E-state index contributed by atoms with van der Waals surface area (Å²) in [6, 6.07) is 0. The van der Waals surface area contributed by atoms with Crippen molar-refractivity contribution in [2.24, 2.45) is 17.7 Å². The number of nitrogens with two attached hydrogens (primary N) is 1. The molecule has 8 nitrogen and oxygen atoms in total. The fraction of sp³-hybridized carbons (Fsp3) is 0.636. The maximum atomic E-state index is 11.0. The van der Waals surface area contributed by atoms with Crippen molar-refractivity contribution in [3.8, 4) is 0 Å². The van der Waals surface area contributed by atoms with Crippen molar-refractivity contribution < 1.29 is 4.92 Å². The van der Waals surface area contributed by atoms with Crippen LogP contribution < -0.4 is 16.2 Å². The minimum atomic E-state index is -0.460. The number of nitrogens with one attached hydrogen (secondary N) is 1. The predicted octanol–water partition coefficient (Wildman–Crippen LogP) is 1.15. The molecule has 0 spiro atoms. The molecular formula is C11H18N6O2. The van der Waals surface area contributed by atoms with Crippen LogP contribution in [0.1, 0.15) is 20.3 Å². The first-order chi connectivity index (χ1) is 9.02. The summed E-state index contributed by atoms with van der Waals surface area (Å²) in [7, 11) is 0. The van der Waals surface area contributed by atoms with Gasteiger partial charge in [-0.05, 0) is 18.3 Å². The summed E-state index contributed by atoms with van der Waals surface area (Å²) < 4.78 is 0. The molecule has 0 bridgehead atoms. The average molecular weight is 266 g/mol. The number of nitrogen functional groups attached to an aromatic ring is 1. The molecule has 1 fully saturated rings. The van der Waals surface area contributed by atoms with E-state index in [-0.39, 0.29) is 11.6 Å². The lowest BCUT2D eigenvalue weighted by atomic mass is 9.95. The number of rotatable bonds is 4. The van der Waals surface area contributed by atoms with Gasteiger partial charge in [0.1, 0.15) is 6.20 Å². The standard InChI is InChI=1S/C11H18N6O2/c1-7(2)8-3-4-16(6-8)10-9(17(18)19)5-13-11(14-10)15-12/h5,7-8H,3-4,6,12H2,1-2H3,(H,13,14,15). The van der Waals surface area contributed by atoms with Crippen LogP contribution in [0.25, 0.3) is 0 Å². The predicted molar refractivity (Wildman–Crippen MR) is 71.7 cm³/mol. The number of nitro groups is 1. The van der Waals surface area contributed by atoms with Crippen LogP contribution in [-0.2, 0) is 0 Å². The largest absolute Gasteiger partial charge is 0.350 e. The van der Waals surface area contributed by atoms with E-state index >= 15 is 0 Å². The molecule has 0 aromatic carbocycles. The van der Waals surface area contributed by atoms with Gasteiger partial charge in [-0.3, -0.25) is 15.5 Å². The summed E-state index contributed by atoms with van der Waals surface area (Å²) in [5.41, 5.74) is 2.24. The summed E-state index contributed by atoms with van der Waals surface area (Å²) in [5, 5.41) is 11.0. The highest BCUT2D eigenvalue weighted by molar-refractivity contribution is 5.59. The molecule has 1 aliphatic rings. The number of anilines is 2. The van der Waals surface area contributed by atoms with Crippen LogP contribution >= 0.6 is 0 Å². The van der Waals surface area contributed by atoms with Gasteiger partial charge in [0.25, 0.3) is 0 Å². The highest BCUT2D eigenvalue weighted by Gasteiger charge is 2.30. The minimum absolute atomic E-state index is 0.0802. The summed E-state index contributed by atoms with van der Waals surface area (Å²) in [4.78, 5) is 20.4. The zero-order valence-corrected chi connectivity index (χ0v) is 11.0. The third-order valence-electron chi connectivity index (χ3n) is 3.54. The smallest absolute Gasteiger partial charge is 0.329 e. The lowest BCUT2D eigenvalue weighted by molar-refractivity contribution is -0.384. The Morgan fingerprint density at radius 2 is 2.37 bits per heavy atom. The molecular weight excluding hydrogens is 248 g/mol. The van der Waals surface area contributed by atoms with Gasteiger partial charge in [0.2, 0.25) is 11.8 Å². The third-order valence-corrected chi connectivity index (χ3v) is 3.54. The van der Waals surface area contributed by atoms with E-state index in [0.29, 0.717) is 17.7 Å². The Morgan fingerprint density at radius 3 is 2.89 bits per heavy atom. The van der Waals surface area contributed by atoms with Crippen molar-refractivity contribution in [2.75, 3.05) is 23.4 Å². The molecule has 1 unspecified atom stereocenters. The molecule has 1 atom stereocenters. The van der Waals surface area contributed by atoms with Gasteiger partial charge in [0.05, 0.1) is 4.92 Å². The van der Waals surface area contributed by atoms with Crippen LogP contribution in [-0.4, -0.2) is 28.0 Å². The molecule has 0 radical (unpaired) electrons. The van der Waals surface area contributed by atoms with Gasteiger partial charge in [-0.2, -0.15) is 4.98 Å². The Kier molecular flexibility index (Phi) is 3.79. The maximum absolute atomic E-state index is 11.0. The van der Waals surface area contributed by atoms with E-state index in [2.05, 4.69) is 29.2 Å². The zero-order chi connectivity index (χ0) is 14.0. The molecule has 1 aromatic rings. The van der Waals surface area contributed by atoms with Gasteiger partial charge in [0, 0.05) is 13.1 Å². The molecule has 1 aliphatic heterocycles. The normalized spacial score (nSPS) is 18.9. The van der Waals surface area contributed by atoms with Gasteiger partial charge in [-0.1, -0.05) is 13.8 Å². The molecule has 0 amide bonds. The van der Waals surface area contributed by atoms with Crippen LogP contribution in [0, 0.1) is 22.0 Å². The van der Waals surface area contributed by atoms with E-state index in [9.17, 15) is 10.1 Å². The molecule has 1 saturated heterocycles. The van der Waals surface area contributed by atoms with E-state index in [1.54, 1.807) is 0 Å². The first-order valence-electron chi connectivity index (χ1n) is 6.26. The minimum Gasteiger partial charge on any atom is -0.350 e. The van der Waals surface area contributed by atoms with E-state index in [4.69, 9.17) is 5.84 Å². The average Bonchev–Trinajstić information content (AvgIpc) is 2.87. The Labute approximate surface area is 111 Å². The van der Waals surface area contributed by atoms with Crippen molar-refractivity contribution in [3.05, 3.63) is 16.3 Å². The maximum Gasteiger partial charge on any atom is 0.329 e. The molecule has 0 aliphatic carbocycles. The highest BCUT2D eigenvalue weighted by atomic mass is 16.6. The van der Waals surface area contributed by atoms with E-state index in [1.165, 1.54) is 6.20 Å². The lowest BCUT2D eigenvalue weighted by Gasteiger charge is -2.19. The molecule has 8 heteroatoms. The second kappa shape index (κ2) is 5.35. The van der Waals surface area contributed by atoms with Crippen molar-refractivity contribution in [1.29, 1.82) is 0 Å². The summed E-state index contributed by atoms with van der Waals surface area (Å²) >= 11 is 0. The van der Waals surface area contributed by atoms with Crippen molar-refractivity contribution in [1.82, 2.24) is 9.97 Å². The SMILES string of the molecule is CC(C)C1CCN(c2nc(NN)ncc2[N+](=O)[O-])C1. The Bertz CT molecular complexity index is 478. The van der Waals surface area contributed by atoms with Gasteiger partial charge in [-0.25, -0.2) is 10.8 Å². The second-order valence-electron chi connectivity index (χ2n) is 5.04. The van der Waals surface area contributed by atoms with E-state index in [1.807, 2.05) is 4.90 Å². The topological polar surface area (TPSA) is 110 Å². The lowest BCUT2D eigenvalue weighted by Crippen LogP contribution is -2.24.